The predicted molar refractivity (Wildman–Crippen MR) is 94.4 cm³/mol. The number of fused-ring (bicyclic) bond motifs is 1. The average Bonchev–Trinajstić information content (AvgIpc) is 3.14. The maximum atomic E-state index is 12.9. The normalized spacial score (nSPS) is 12.7. The highest BCUT2D eigenvalue weighted by Crippen LogP contribution is 2.32. The number of hydrogen-bond donors (Lipinski definition) is 2. The van der Waals surface area contributed by atoms with Gasteiger partial charge in [0.15, 0.2) is 11.5 Å². The van der Waals surface area contributed by atoms with E-state index in [0.29, 0.717) is 11.5 Å². The summed E-state index contributed by atoms with van der Waals surface area (Å²) < 4.78 is 48.8. The second-order valence-corrected chi connectivity index (χ2v) is 7.83. The third kappa shape index (κ3) is 4.21. The molecule has 1 aliphatic rings. The molecule has 0 radical (unpaired) electrons. The summed E-state index contributed by atoms with van der Waals surface area (Å²) in [6.45, 7) is -0.493. The number of benzene rings is 2. The van der Waals surface area contributed by atoms with E-state index in [-0.39, 0.29) is 17.3 Å². The molecule has 0 spiro atoms. The molecule has 0 bridgehead atoms. The molecule has 1 aliphatic heterocycles. The van der Waals surface area contributed by atoms with E-state index in [0.717, 1.165) is 28.6 Å². The summed E-state index contributed by atoms with van der Waals surface area (Å²) in [5.74, 6) is -1.04. The number of carbonyl (C=O) groups is 2. The number of sulfonamides is 1. The third-order valence-electron chi connectivity index (χ3n) is 3.84. The van der Waals surface area contributed by atoms with Crippen molar-refractivity contribution in [2.45, 2.75) is 4.90 Å². The van der Waals surface area contributed by atoms with Crippen LogP contribution in [0.5, 0.6) is 11.5 Å². The van der Waals surface area contributed by atoms with E-state index in [2.05, 4.69) is 10.9 Å². The van der Waals surface area contributed by atoms with Crippen molar-refractivity contribution in [2.75, 3.05) is 20.4 Å². The molecule has 0 atom stereocenters. The zero-order valence-electron chi connectivity index (χ0n) is 14.6. The number of halogens is 1. The fourth-order valence-electron chi connectivity index (χ4n) is 2.35. The second-order valence-electron chi connectivity index (χ2n) is 5.79. The molecule has 9 nitrogen and oxygen atoms in total. The number of amides is 2. The molecule has 2 aromatic rings. The van der Waals surface area contributed by atoms with Crippen molar-refractivity contribution < 1.29 is 31.9 Å². The van der Waals surface area contributed by atoms with Crippen LogP contribution < -0.4 is 20.3 Å². The molecule has 2 N–H and O–H groups in total. The smallest absolute Gasteiger partial charge is 0.269 e. The average molecular weight is 409 g/mol. The highest BCUT2D eigenvalue weighted by atomic mass is 32.2. The molecule has 2 aromatic carbocycles. The highest BCUT2D eigenvalue weighted by Gasteiger charge is 2.23. The van der Waals surface area contributed by atoms with Gasteiger partial charge in [0.1, 0.15) is 5.82 Å². The monoisotopic (exact) mass is 409 g/mol. The maximum absolute atomic E-state index is 12.9. The Balaban J connectivity index is 1.56. The molecule has 0 fully saturated rings. The second kappa shape index (κ2) is 7.82. The molecular formula is C17H16FN3O6S. The summed E-state index contributed by atoms with van der Waals surface area (Å²) in [4.78, 5) is 23.9. The quantitative estimate of drug-likeness (QED) is 0.701. The topological polar surface area (TPSA) is 114 Å². The van der Waals surface area contributed by atoms with Crippen LogP contribution in [0.25, 0.3) is 0 Å². The molecule has 0 saturated carbocycles. The molecule has 148 valence electrons. The first-order chi connectivity index (χ1) is 13.3. The molecule has 0 saturated heterocycles. The van der Waals surface area contributed by atoms with Crippen LogP contribution in [0.2, 0.25) is 0 Å². The summed E-state index contributed by atoms with van der Waals surface area (Å²) in [6.07, 6.45) is 0. The zero-order valence-corrected chi connectivity index (χ0v) is 15.5. The molecule has 0 aliphatic carbocycles. The van der Waals surface area contributed by atoms with Gasteiger partial charge in [-0.15, -0.1) is 0 Å². The summed E-state index contributed by atoms with van der Waals surface area (Å²) in [6, 6.07) is 8.71. The number of ether oxygens (including phenoxy) is 2. The van der Waals surface area contributed by atoms with Crippen LogP contribution in [0.4, 0.5) is 4.39 Å². The van der Waals surface area contributed by atoms with Gasteiger partial charge in [-0.2, -0.15) is 4.31 Å². The van der Waals surface area contributed by atoms with Crippen LogP contribution in [0.3, 0.4) is 0 Å². The van der Waals surface area contributed by atoms with Crippen molar-refractivity contribution in [1.29, 1.82) is 0 Å². The highest BCUT2D eigenvalue weighted by molar-refractivity contribution is 7.89. The zero-order chi connectivity index (χ0) is 20.3. The lowest BCUT2D eigenvalue weighted by Gasteiger charge is -2.17. The van der Waals surface area contributed by atoms with Crippen molar-refractivity contribution in [2.24, 2.45) is 0 Å². The summed E-state index contributed by atoms with van der Waals surface area (Å²) in [5, 5.41) is 0. The van der Waals surface area contributed by atoms with Crippen molar-refractivity contribution in [3.63, 3.8) is 0 Å². The fourth-order valence-corrected chi connectivity index (χ4v) is 3.48. The van der Waals surface area contributed by atoms with Crippen LogP contribution in [0, 0.1) is 5.82 Å². The largest absolute Gasteiger partial charge is 0.454 e. The minimum atomic E-state index is -3.99. The Labute approximate surface area is 160 Å². The van der Waals surface area contributed by atoms with E-state index in [1.165, 1.54) is 19.2 Å². The first-order valence-electron chi connectivity index (χ1n) is 7.98. The summed E-state index contributed by atoms with van der Waals surface area (Å²) in [5.41, 5.74) is 4.54. The molecule has 3 rings (SSSR count). The minimum Gasteiger partial charge on any atom is -0.454 e. The van der Waals surface area contributed by atoms with Crippen molar-refractivity contribution >= 4 is 21.8 Å². The third-order valence-corrected chi connectivity index (χ3v) is 5.66. The van der Waals surface area contributed by atoms with Gasteiger partial charge in [-0.1, -0.05) is 0 Å². The van der Waals surface area contributed by atoms with E-state index >= 15 is 0 Å². The lowest BCUT2D eigenvalue weighted by Crippen LogP contribution is -2.46. The van der Waals surface area contributed by atoms with Crippen LogP contribution in [0.15, 0.2) is 47.4 Å². The van der Waals surface area contributed by atoms with E-state index in [9.17, 15) is 22.4 Å². The Morgan fingerprint density at radius 1 is 1.07 bits per heavy atom. The molecule has 2 amide bonds. The van der Waals surface area contributed by atoms with Gasteiger partial charge in [0, 0.05) is 12.6 Å². The Hall–Kier alpha value is -3.18. The van der Waals surface area contributed by atoms with Gasteiger partial charge in [0.2, 0.25) is 16.8 Å². The molecule has 11 heteroatoms. The lowest BCUT2D eigenvalue weighted by molar-refractivity contribution is -0.121. The van der Waals surface area contributed by atoms with Crippen molar-refractivity contribution in [1.82, 2.24) is 15.2 Å². The number of nitrogens with zero attached hydrogens (tertiary/aromatic N) is 1. The Bertz CT molecular complexity index is 1010. The van der Waals surface area contributed by atoms with Gasteiger partial charge in [0.25, 0.3) is 11.8 Å². The molecule has 0 unspecified atom stereocenters. The Morgan fingerprint density at radius 3 is 2.46 bits per heavy atom. The maximum Gasteiger partial charge on any atom is 0.269 e. The van der Waals surface area contributed by atoms with Crippen molar-refractivity contribution in [3.8, 4) is 11.5 Å². The molecular weight excluding hydrogens is 393 g/mol. The summed E-state index contributed by atoms with van der Waals surface area (Å²) in [7, 11) is -2.79. The van der Waals surface area contributed by atoms with E-state index in [1.807, 2.05) is 0 Å². The summed E-state index contributed by atoms with van der Waals surface area (Å²) >= 11 is 0. The van der Waals surface area contributed by atoms with Crippen LogP contribution in [0.1, 0.15) is 10.4 Å². The number of nitrogens with one attached hydrogen (secondary N) is 2. The van der Waals surface area contributed by atoms with Crippen LogP contribution in [-0.2, 0) is 14.8 Å². The van der Waals surface area contributed by atoms with Gasteiger partial charge in [-0.05, 0) is 42.5 Å². The standard InChI is InChI=1S/C17H16FN3O6S/c1-21(28(24,25)13-5-3-12(18)4-6-13)9-16(22)19-20-17(23)11-2-7-14-15(8-11)27-10-26-14/h2-8H,9-10H2,1H3,(H,19,22)(H,20,23). The molecule has 0 aromatic heterocycles. The van der Waals surface area contributed by atoms with Gasteiger partial charge >= 0.3 is 0 Å². The number of hydrazine groups is 1. The number of hydrogen-bond acceptors (Lipinski definition) is 6. The van der Waals surface area contributed by atoms with Gasteiger partial charge in [-0.3, -0.25) is 20.4 Å². The van der Waals surface area contributed by atoms with Gasteiger partial charge < -0.3 is 9.47 Å². The fraction of sp³-hybridized carbons (Fsp3) is 0.176. The van der Waals surface area contributed by atoms with E-state index in [4.69, 9.17) is 9.47 Å². The van der Waals surface area contributed by atoms with Crippen LogP contribution >= 0.6 is 0 Å². The van der Waals surface area contributed by atoms with E-state index < -0.39 is 34.2 Å². The number of carbonyl (C=O) groups excluding carboxylic acids is 2. The van der Waals surface area contributed by atoms with Crippen molar-refractivity contribution in [3.05, 3.63) is 53.8 Å². The molecule has 28 heavy (non-hydrogen) atoms. The predicted octanol–water partition coefficient (Wildman–Crippen LogP) is 0.636. The Morgan fingerprint density at radius 2 is 1.75 bits per heavy atom. The van der Waals surface area contributed by atoms with Gasteiger partial charge in [0.05, 0.1) is 11.4 Å². The SMILES string of the molecule is CN(CC(=O)NNC(=O)c1ccc2c(c1)OCO2)S(=O)(=O)c1ccc(F)cc1. The number of likely N-dealkylation sites (N-methyl/N-ethyl adjacent to an activating group) is 1. The first kappa shape index (κ1) is 19.6. The van der Waals surface area contributed by atoms with Gasteiger partial charge in [-0.25, -0.2) is 12.8 Å². The Kier molecular flexibility index (Phi) is 5.47. The minimum absolute atomic E-state index is 0.0615. The van der Waals surface area contributed by atoms with E-state index in [1.54, 1.807) is 6.07 Å². The van der Waals surface area contributed by atoms with Crippen LogP contribution in [-0.4, -0.2) is 44.9 Å². The lowest BCUT2D eigenvalue weighted by atomic mass is 10.2. The number of rotatable bonds is 5. The molecule has 1 heterocycles. The first-order valence-corrected chi connectivity index (χ1v) is 9.42.